The van der Waals surface area contributed by atoms with Gasteiger partial charge >= 0.3 is 0 Å². The Kier molecular flexibility index (Phi) is 6.26. The van der Waals surface area contributed by atoms with Gasteiger partial charge in [-0.15, -0.1) is 0 Å². The molecule has 0 bridgehead atoms. The van der Waals surface area contributed by atoms with Gasteiger partial charge in [0, 0.05) is 15.7 Å². The first-order chi connectivity index (χ1) is 9.29. The maximum Gasteiger partial charge on any atom is 0.243 e. The monoisotopic (exact) mass is 317 g/mol. The highest BCUT2D eigenvalue weighted by atomic mass is 35.5. The van der Waals surface area contributed by atoms with Crippen LogP contribution < -0.4 is 16.4 Å². The lowest BCUT2D eigenvalue weighted by molar-refractivity contribution is -0.125. The first-order valence-electron chi connectivity index (χ1n) is 6.09. The van der Waals surface area contributed by atoms with Gasteiger partial charge in [-0.25, -0.2) is 0 Å². The van der Waals surface area contributed by atoms with E-state index in [-0.39, 0.29) is 24.3 Å². The van der Waals surface area contributed by atoms with E-state index >= 15 is 0 Å². The number of nitrogens with one attached hydrogen (secondary N) is 2. The smallest absolute Gasteiger partial charge is 0.243 e. The van der Waals surface area contributed by atoms with E-state index < -0.39 is 6.04 Å². The zero-order valence-electron chi connectivity index (χ0n) is 11.2. The lowest BCUT2D eigenvalue weighted by Crippen LogP contribution is -2.46. The predicted octanol–water partition coefficient (Wildman–Crippen LogP) is 2.03. The minimum Gasteiger partial charge on any atom is -0.346 e. The summed E-state index contributed by atoms with van der Waals surface area (Å²) in [6.07, 6.45) is 0. The van der Waals surface area contributed by atoms with Gasteiger partial charge in [-0.1, -0.05) is 37.0 Å². The maximum atomic E-state index is 11.7. The van der Waals surface area contributed by atoms with Gasteiger partial charge in [0.2, 0.25) is 11.8 Å². The Morgan fingerprint density at radius 1 is 1.20 bits per heavy atom. The molecular weight excluding hydrogens is 301 g/mol. The van der Waals surface area contributed by atoms with Gasteiger partial charge in [0.05, 0.1) is 12.6 Å². The summed E-state index contributed by atoms with van der Waals surface area (Å²) in [5.74, 6) is -0.739. The van der Waals surface area contributed by atoms with Gasteiger partial charge in [-0.3, -0.25) is 9.59 Å². The van der Waals surface area contributed by atoms with Crippen LogP contribution in [0, 0.1) is 5.92 Å². The van der Waals surface area contributed by atoms with Crippen LogP contribution in [0.1, 0.15) is 13.8 Å². The van der Waals surface area contributed by atoms with Crippen LogP contribution in [0.25, 0.3) is 0 Å². The van der Waals surface area contributed by atoms with Gasteiger partial charge in [0.25, 0.3) is 0 Å². The fraction of sp³-hybridized carbons (Fsp3) is 0.385. The van der Waals surface area contributed by atoms with Gasteiger partial charge < -0.3 is 16.4 Å². The Morgan fingerprint density at radius 2 is 1.75 bits per heavy atom. The molecule has 1 aromatic carbocycles. The average molecular weight is 318 g/mol. The molecular formula is C13H17Cl2N3O2. The molecule has 1 aromatic rings. The van der Waals surface area contributed by atoms with Crippen LogP contribution in [0.4, 0.5) is 5.69 Å². The molecule has 20 heavy (non-hydrogen) atoms. The highest BCUT2D eigenvalue weighted by Crippen LogP contribution is 2.22. The van der Waals surface area contributed by atoms with Crippen molar-refractivity contribution in [3.63, 3.8) is 0 Å². The van der Waals surface area contributed by atoms with Crippen molar-refractivity contribution >= 4 is 40.7 Å². The van der Waals surface area contributed by atoms with Crippen molar-refractivity contribution in [1.82, 2.24) is 5.32 Å². The minimum atomic E-state index is -0.636. The molecule has 7 heteroatoms. The second-order valence-corrected chi connectivity index (χ2v) is 5.57. The number of hydrogen-bond donors (Lipinski definition) is 3. The SMILES string of the molecule is CC(C)[C@H](N)C(=O)NCC(=O)Nc1cc(Cl)cc(Cl)c1. The van der Waals surface area contributed by atoms with E-state index in [9.17, 15) is 9.59 Å². The molecule has 4 N–H and O–H groups in total. The number of rotatable bonds is 5. The van der Waals surface area contributed by atoms with E-state index in [4.69, 9.17) is 28.9 Å². The van der Waals surface area contributed by atoms with Crippen LogP contribution >= 0.6 is 23.2 Å². The number of carbonyl (C=O) groups excluding carboxylic acids is 2. The molecule has 5 nitrogen and oxygen atoms in total. The van der Waals surface area contributed by atoms with Crippen LogP contribution in [-0.4, -0.2) is 24.4 Å². The summed E-state index contributed by atoms with van der Waals surface area (Å²) in [5, 5.41) is 5.89. The normalized spacial score (nSPS) is 12.1. The number of anilines is 1. The zero-order valence-corrected chi connectivity index (χ0v) is 12.8. The number of nitrogens with two attached hydrogens (primary N) is 1. The van der Waals surface area contributed by atoms with Crippen LogP contribution in [-0.2, 0) is 9.59 Å². The van der Waals surface area contributed by atoms with Crippen LogP contribution in [0.3, 0.4) is 0 Å². The van der Waals surface area contributed by atoms with Crippen LogP contribution in [0.5, 0.6) is 0 Å². The summed E-state index contributed by atoms with van der Waals surface area (Å²) in [5.41, 5.74) is 6.13. The number of halogens is 2. The van der Waals surface area contributed by atoms with Gasteiger partial charge in [-0.05, 0) is 24.1 Å². The Hall–Kier alpha value is -1.30. The summed E-state index contributed by atoms with van der Waals surface area (Å²) in [6, 6.07) is 4.05. The largest absolute Gasteiger partial charge is 0.346 e. The molecule has 1 atom stereocenters. The molecule has 0 saturated carbocycles. The molecule has 0 aliphatic heterocycles. The third-order valence-electron chi connectivity index (χ3n) is 2.59. The van der Waals surface area contributed by atoms with Crippen molar-refractivity contribution in [2.24, 2.45) is 11.7 Å². The topological polar surface area (TPSA) is 84.2 Å². The zero-order chi connectivity index (χ0) is 15.3. The molecule has 0 heterocycles. The van der Waals surface area contributed by atoms with Gasteiger partial charge in [0.15, 0.2) is 0 Å². The summed E-state index contributed by atoms with van der Waals surface area (Å²) in [6.45, 7) is 3.50. The molecule has 0 aliphatic carbocycles. The third-order valence-corrected chi connectivity index (χ3v) is 3.03. The van der Waals surface area contributed by atoms with E-state index in [0.717, 1.165) is 0 Å². The number of amides is 2. The summed E-state index contributed by atoms with van der Waals surface area (Å²) in [7, 11) is 0. The van der Waals surface area contributed by atoms with Crippen molar-refractivity contribution < 1.29 is 9.59 Å². The molecule has 0 radical (unpaired) electrons. The second kappa shape index (κ2) is 7.47. The Balaban J connectivity index is 2.50. The number of carbonyl (C=O) groups is 2. The Morgan fingerprint density at radius 3 is 2.25 bits per heavy atom. The fourth-order valence-corrected chi connectivity index (χ4v) is 1.95. The molecule has 110 valence electrons. The molecule has 0 spiro atoms. The molecule has 0 fully saturated rings. The Labute approximate surface area is 127 Å². The molecule has 0 saturated heterocycles. The van der Waals surface area contributed by atoms with Crippen molar-refractivity contribution in [3.05, 3.63) is 28.2 Å². The number of hydrogen-bond acceptors (Lipinski definition) is 3. The molecule has 1 rings (SSSR count). The molecule has 0 unspecified atom stereocenters. The van der Waals surface area contributed by atoms with Gasteiger partial charge in [-0.2, -0.15) is 0 Å². The quantitative estimate of drug-likeness (QED) is 0.777. The predicted molar refractivity (Wildman–Crippen MR) is 80.9 cm³/mol. The summed E-state index contributed by atoms with van der Waals surface area (Å²) >= 11 is 11.6. The van der Waals surface area contributed by atoms with E-state index in [1.807, 2.05) is 13.8 Å². The molecule has 2 amide bonds. The first kappa shape index (κ1) is 16.8. The van der Waals surface area contributed by atoms with Crippen molar-refractivity contribution in [3.8, 4) is 0 Å². The van der Waals surface area contributed by atoms with Crippen molar-refractivity contribution in [2.75, 3.05) is 11.9 Å². The van der Waals surface area contributed by atoms with E-state index in [0.29, 0.717) is 15.7 Å². The van der Waals surface area contributed by atoms with Crippen molar-refractivity contribution in [2.45, 2.75) is 19.9 Å². The first-order valence-corrected chi connectivity index (χ1v) is 6.84. The lowest BCUT2D eigenvalue weighted by atomic mass is 10.1. The highest BCUT2D eigenvalue weighted by Gasteiger charge is 2.17. The summed E-state index contributed by atoms with van der Waals surface area (Å²) < 4.78 is 0. The molecule has 0 aromatic heterocycles. The van der Waals surface area contributed by atoms with Crippen molar-refractivity contribution in [1.29, 1.82) is 0 Å². The molecule has 0 aliphatic rings. The van der Waals surface area contributed by atoms with Gasteiger partial charge in [0.1, 0.15) is 0 Å². The fourth-order valence-electron chi connectivity index (χ4n) is 1.42. The van der Waals surface area contributed by atoms with Crippen LogP contribution in [0.2, 0.25) is 10.0 Å². The second-order valence-electron chi connectivity index (χ2n) is 4.69. The standard InChI is InChI=1S/C13H17Cl2N3O2/c1-7(2)12(16)13(20)17-6-11(19)18-10-4-8(14)3-9(15)5-10/h3-5,7,12H,6,16H2,1-2H3,(H,17,20)(H,18,19)/t12-/m0/s1. The van der Waals surface area contributed by atoms with E-state index in [1.165, 1.54) is 0 Å². The maximum absolute atomic E-state index is 11.7. The Bertz CT molecular complexity index is 486. The third kappa shape index (κ3) is 5.36. The lowest BCUT2D eigenvalue weighted by Gasteiger charge is -2.15. The minimum absolute atomic E-state index is 0.00444. The van der Waals surface area contributed by atoms with E-state index in [2.05, 4.69) is 10.6 Å². The summed E-state index contributed by atoms with van der Waals surface area (Å²) in [4.78, 5) is 23.3. The number of benzene rings is 1. The highest BCUT2D eigenvalue weighted by molar-refractivity contribution is 6.35. The van der Waals surface area contributed by atoms with E-state index in [1.54, 1.807) is 18.2 Å². The average Bonchev–Trinajstić information content (AvgIpc) is 2.33. The van der Waals surface area contributed by atoms with Crippen LogP contribution in [0.15, 0.2) is 18.2 Å².